The van der Waals surface area contributed by atoms with Gasteiger partial charge in [-0.25, -0.2) is 0 Å². The second-order valence-electron chi connectivity index (χ2n) is 4.72. The Morgan fingerprint density at radius 3 is 2.45 bits per heavy atom. The average molecular weight is 271 g/mol. The average Bonchev–Trinajstić information content (AvgIpc) is 2.53. The van der Waals surface area contributed by atoms with E-state index in [1.807, 2.05) is 48.5 Å². The summed E-state index contributed by atoms with van der Waals surface area (Å²) in [6, 6.07) is 15.9. The molecule has 0 spiro atoms. The number of rotatable bonds is 6. The van der Waals surface area contributed by atoms with Crippen LogP contribution in [0, 0.1) is 0 Å². The number of hydrogen-bond donors (Lipinski definition) is 1. The van der Waals surface area contributed by atoms with Crippen molar-refractivity contribution in [2.75, 3.05) is 7.11 Å². The largest absolute Gasteiger partial charge is 0.497 e. The molecule has 2 aromatic rings. The number of methoxy groups -OCH3 is 1. The molecule has 106 valence electrons. The molecule has 3 nitrogen and oxygen atoms in total. The van der Waals surface area contributed by atoms with E-state index in [1.165, 1.54) is 0 Å². The van der Waals surface area contributed by atoms with Gasteiger partial charge in [-0.1, -0.05) is 31.2 Å². The lowest BCUT2D eigenvalue weighted by Crippen LogP contribution is -2.08. The highest BCUT2D eigenvalue weighted by atomic mass is 16.5. The van der Waals surface area contributed by atoms with Gasteiger partial charge in [-0.3, -0.25) is 0 Å². The van der Waals surface area contributed by atoms with Gasteiger partial charge in [-0.15, -0.1) is 0 Å². The van der Waals surface area contributed by atoms with Crippen LogP contribution in [0.15, 0.2) is 48.5 Å². The van der Waals surface area contributed by atoms with Gasteiger partial charge in [0.25, 0.3) is 0 Å². The third kappa shape index (κ3) is 3.75. The Balaban J connectivity index is 1.96. The Morgan fingerprint density at radius 1 is 1.05 bits per heavy atom. The molecule has 0 aliphatic rings. The first-order valence-electron chi connectivity index (χ1n) is 6.84. The fraction of sp³-hybridized carbons (Fsp3) is 0.294. The van der Waals surface area contributed by atoms with E-state index >= 15 is 0 Å². The van der Waals surface area contributed by atoms with Gasteiger partial charge in [-0.05, 0) is 41.8 Å². The maximum atomic E-state index is 5.99. The lowest BCUT2D eigenvalue weighted by molar-refractivity contribution is 0.305. The van der Waals surface area contributed by atoms with E-state index < -0.39 is 0 Å². The fourth-order valence-corrected chi connectivity index (χ4v) is 1.98. The minimum absolute atomic E-state index is 0.0995. The molecule has 0 saturated heterocycles. The summed E-state index contributed by atoms with van der Waals surface area (Å²) in [6.45, 7) is 2.61. The van der Waals surface area contributed by atoms with Crippen LogP contribution in [0.5, 0.6) is 11.5 Å². The maximum Gasteiger partial charge on any atom is 0.119 e. The van der Waals surface area contributed by atoms with Gasteiger partial charge in [-0.2, -0.15) is 0 Å². The zero-order valence-corrected chi connectivity index (χ0v) is 12.0. The van der Waals surface area contributed by atoms with Gasteiger partial charge in [0.15, 0.2) is 0 Å². The highest BCUT2D eigenvalue weighted by Crippen LogP contribution is 2.20. The van der Waals surface area contributed by atoms with Gasteiger partial charge >= 0.3 is 0 Å². The van der Waals surface area contributed by atoms with Crippen LogP contribution in [0.4, 0.5) is 0 Å². The summed E-state index contributed by atoms with van der Waals surface area (Å²) in [5.41, 5.74) is 8.21. The number of benzene rings is 2. The van der Waals surface area contributed by atoms with E-state index in [0.29, 0.717) is 6.61 Å². The van der Waals surface area contributed by atoms with Crippen molar-refractivity contribution in [1.82, 2.24) is 0 Å². The Bertz CT molecular complexity index is 537. The molecule has 0 radical (unpaired) electrons. The summed E-state index contributed by atoms with van der Waals surface area (Å²) in [4.78, 5) is 0. The zero-order valence-electron chi connectivity index (χ0n) is 12.0. The summed E-state index contributed by atoms with van der Waals surface area (Å²) in [6.07, 6.45) is 0.935. The van der Waals surface area contributed by atoms with Crippen molar-refractivity contribution < 1.29 is 9.47 Å². The van der Waals surface area contributed by atoms with E-state index in [-0.39, 0.29) is 6.04 Å². The lowest BCUT2D eigenvalue weighted by atomic mass is 10.1. The molecule has 0 amide bonds. The molecule has 1 atom stereocenters. The van der Waals surface area contributed by atoms with E-state index in [1.54, 1.807) is 7.11 Å². The molecule has 3 heteroatoms. The topological polar surface area (TPSA) is 44.5 Å². The molecule has 0 saturated carbocycles. The highest BCUT2D eigenvalue weighted by molar-refractivity contribution is 5.31. The van der Waals surface area contributed by atoms with Crippen LogP contribution >= 0.6 is 0 Å². The minimum atomic E-state index is 0.0995. The molecular weight excluding hydrogens is 250 g/mol. The molecule has 0 heterocycles. The van der Waals surface area contributed by atoms with Crippen LogP contribution in [0.3, 0.4) is 0 Å². The second-order valence-corrected chi connectivity index (χ2v) is 4.72. The quantitative estimate of drug-likeness (QED) is 0.871. The van der Waals surface area contributed by atoms with Crippen molar-refractivity contribution in [1.29, 1.82) is 0 Å². The molecule has 0 aliphatic carbocycles. The fourth-order valence-electron chi connectivity index (χ4n) is 1.98. The van der Waals surface area contributed by atoms with Crippen LogP contribution in [0.25, 0.3) is 0 Å². The maximum absolute atomic E-state index is 5.99. The van der Waals surface area contributed by atoms with Crippen LogP contribution in [0.2, 0.25) is 0 Å². The van der Waals surface area contributed by atoms with Gasteiger partial charge in [0.2, 0.25) is 0 Å². The summed E-state index contributed by atoms with van der Waals surface area (Å²) in [7, 11) is 1.66. The van der Waals surface area contributed by atoms with E-state index in [0.717, 1.165) is 29.0 Å². The number of hydrogen-bond acceptors (Lipinski definition) is 3. The summed E-state index contributed by atoms with van der Waals surface area (Å²) >= 11 is 0. The first kappa shape index (κ1) is 14.4. The van der Waals surface area contributed by atoms with E-state index in [2.05, 4.69) is 6.92 Å². The smallest absolute Gasteiger partial charge is 0.119 e. The van der Waals surface area contributed by atoms with Gasteiger partial charge in [0.05, 0.1) is 7.11 Å². The standard InChI is InChI=1S/C17H21NO2/c1-3-17(18)14-7-9-15(10-8-14)20-12-13-5-4-6-16(11-13)19-2/h4-11,17H,3,12,18H2,1-2H3. The third-order valence-corrected chi connectivity index (χ3v) is 3.29. The third-order valence-electron chi connectivity index (χ3n) is 3.29. The van der Waals surface area contributed by atoms with Crippen molar-refractivity contribution in [3.63, 3.8) is 0 Å². The van der Waals surface area contributed by atoms with Crippen LogP contribution in [-0.2, 0) is 6.61 Å². The Morgan fingerprint density at radius 2 is 1.80 bits per heavy atom. The molecular formula is C17H21NO2. The Labute approximate surface area is 120 Å². The molecule has 0 bridgehead atoms. The zero-order chi connectivity index (χ0) is 14.4. The van der Waals surface area contributed by atoms with Crippen molar-refractivity contribution in [2.45, 2.75) is 26.0 Å². The molecule has 1 unspecified atom stereocenters. The SMILES string of the molecule is CCC(N)c1ccc(OCc2cccc(OC)c2)cc1. The minimum Gasteiger partial charge on any atom is -0.497 e. The van der Waals surface area contributed by atoms with Crippen molar-refractivity contribution >= 4 is 0 Å². The summed E-state index contributed by atoms with van der Waals surface area (Å²) in [5, 5.41) is 0. The molecule has 2 aromatic carbocycles. The van der Waals surface area contributed by atoms with Crippen molar-refractivity contribution in [3.8, 4) is 11.5 Å². The number of nitrogens with two attached hydrogens (primary N) is 1. The number of ether oxygens (including phenoxy) is 2. The predicted octanol–water partition coefficient (Wildman–Crippen LogP) is 3.68. The summed E-state index contributed by atoms with van der Waals surface area (Å²) in [5.74, 6) is 1.69. The Kier molecular flexibility index (Phi) is 5.02. The van der Waals surface area contributed by atoms with Crippen molar-refractivity contribution in [3.05, 3.63) is 59.7 Å². The summed E-state index contributed by atoms with van der Waals surface area (Å²) < 4.78 is 11.0. The van der Waals surface area contributed by atoms with Gasteiger partial charge in [0.1, 0.15) is 18.1 Å². The molecule has 20 heavy (non-hydrogen) atoms. The monoisotopic (exact) mass is 271 g/mol. The molecule has 2 N–H and O–H groups in total. The Hall–Kier alpha value is -2.00. The molecule has 2 rings (SSSR count). The second kappa shape index (κ2) is 6.96. The van der Waals surface area contributed by atoms with Gasteiger partial charge < -0.3 is 15.2 Å². The lowest BCUT2D eigenvalue weighted by Gasteiger charge is -2.11. The van der Waals surface area contributed by atoms with Gasteiger partial charge in [0, 0.05) is 6.04 Å². The highest BCUT2D eigenvalue weighted by Gasteiger charge is 2.03. The first-order valence-corrected chi connectivity index (χ1v) is 6.84. The molecule has 0 aromatic heterocycles. The first-order chi connectivity index (χ1) is 9.72. The van der Waals surface area contributed by atoms with E-state index in [4.69, 9.17) is 15.2 Å². The van der Waals surface area contributed by atoms with Crippen LogP contribution < -0.4 is 15.2 Å². The van der Waals surface area contributed by atoms with Crippen molar-refractivity contribution in [2.24, 2.45) is 5.73 Å². The molecule has 0 fully saturated rings. The van der Waals surface area contributed by atoms with E-state index in [9.17, 15) is 0 Å². The predicted molar refractivity (Wildman–Crippen MR) is 81.0 cm³/mol. The van der Waals surface area contributed by atoms with Crippen LogP contribution in [0.1, 0.15) is 30.5 Å². The van der Waals surface area contributed by atoms with Crippen LogP contribution in [-0.4, -0.2) is 7.11 Å². The molecule has 0 aliphatic heterocycles. The normalized spacial score (nSPS) is 11.9.